The van der Waals surface area contributed by atoms with Crippen LogP contribution in [0.4, 0.5) is 14.9 Å². The number of benzene rings is 2. The molecule has 2 atom stereocenters. The molecule has 33 heavy (non-hydrogen) atoms. The van der Waals surface area contributed by atoms with Gasteiger partial charge in [0.25, 0.3) is 0 Å². The number of aliphatic hydroxyl groups excluding tert-OH is 1. The molecule has 1 saturated heterocycles. The Hall–Kier alpha value is -3.76. The van der Waals surface area contributed by atoms with Crippen molar-refractivity contribution in [2.45, 2.75) is 25.7 Å². The molecule has 170 valence electrons. The fraction of sp³-hybridized carbons (Fsp3) is 0.261. The second-order valence-corrected chi connectivity index (χ2v) is 7.96. The lowest BCUT2D eigenvalue weighted by Gasteiger charge is -2.14. The van der Waals surface area contributed by atoms with Crippen LogP contribution in [-0.4, -0.2) is 51.6 Å². The van der Waals surface area contributed by atoms with Crippen molar-refractivity contribution in [2.24, 2.45) is 0 Å². The van der Waals surface area contributed by atoms with Crippen molar-refractivity contribution >= 4 is 17.5 Å². The van der Waals surface area contributed by atoms with Crippen molar-refractivity contribution in [1.29, 1.82) is 0 Å². The van der Waals surface area contributed by atoms with Gasteiger partial charge in [-0.15, -0.1) is 5.10 Å². The second kappa shape index (κ2) is 8.64. The summed E-state index contributed by atoms with van der Waals surface area (Å²) in [5.41, 5.74) is 6.72. The molecular weight excluding hydrogens is 429 g/mol. The van der Waals surface area contributed by atoms with Gasteiger partial charge in [-0.3, -0.25) is 15.2 Å². The molecule has 1 unspecified atom stereocenters. The Bertz CT molecular complexity index is 1210. The average molecular weight is 451 g/mol. The summed E-state index contributed by atoms with van der Waals surface area (Å²) in [4.78, 5) is 19.0. The van der Waals surface area contributed by atoms with Gasteiger partial charge in [0.05, 0.1) is 36.8 Å². The second-order valence-electron chi connectivity index (χ2n) is 7.96. The summed E-state index contributed by atoms with van der Waals surface area (Å²) in [6.07, 6.45) is 2.25. The normalized spacial score (nSPS) is 20.0. The summed E-state index contributed by atoms with van der Waals surface area (Å²) in [5.74, 6) is -0.440. The van der Waals surface area contributed by atoms with Crippen LogP contribution in [-0.2, 0) is 16.1 Å². The third kappa shape index (κ3) is 4.30. The number of hydrogen-bond acceptors (Lipinski definition) is 7. The zero-order chi connectivity index (χ0) is 22.9. The highest BCUT2D eigenvalue weighted by atomic mass is 19.1. The SMILES string of the molecule is Cc1cn(C[C@H]2CN(c3ccc(-c4ccc(C5=CC(CO)ON5)cc4)c(F)c3)C(=O)O2)nn1. The molecule has 0 radical (unpaired) electrons. The van der Waals surface area contributed by atoms with Gasteiger partial charge < -0.3 is 9.84 Å². The van der Waals surface area contributed by atoms with Crippen LogP contribution in [0.1, 0.15) is 11.3 Å². The number of anilines is 1. The van der Waals surface area contributed by atoms with Crippen molar-refractivity contribution in [2.75, 3.05) is 18.1 Å². The summed E-state index contributed by atoms with van der Waals surface area (Å²) in [5, 5.41) is 17.1. The van der Waals surface area contributed by atoms with Gasteiger partial charge in [-0.05, 0) is 42.3 Å². The van der Waals surface area contributed by atoms with Crippen LogP contribution in [0.15, 0.2) is 54.7 Å². The summed E-state index contributed by atoms with van der Waals surface area (Å²) in [6.45, 7) is 2.39. The van der Waals surface area contributed by atoms with Crippen molar-refractivity contribution in [3.63, 3.8) is 0 Å². The highest BCUT2D eigenvalue weighted by Gasteiger charge is 2.33. The lowest BCUT2D eigenvalue weighted by Crippen LogP contribution is -2.26. The van der Waals surface area contributed by atoms with Crippen LogP contribution >= 0.6 is 0 Å². The third-order valence-electron chi connectivity index (χ3n) is 5.54. The molecule has 5 rings (SSSR count). The number of ether oxygens (including phenoxy) is 1. The van der Waals surface area contributed by atoms with E-state index in [0.29, 0.717) is 29.9 Å². The number of nitrogens with zero attached hydrogens (tertiary/aromatic N) is 4. The van der Waals surface area contributed by atoms with Crippen molar-refractivity contribution in [1.82, 2.24) is 20.5 Å². The number of aromatic nitrogens is 3. The molecule has 3 aromatic rings. The van der Waals surface area contributed by atoms with Crippen molar-refractivity contribution in [3.8, 4) is 11.1 Å². The molecule has 0 spiro atoms. The van der Waals surface area contributed by atoms with Gasteiger partial charge in [0.2, 0.25) is 0 Å². The number of aryl methyl sites for hydroxylation is 1. The van der Waals surface area contributed by atoms with Crippen LogP contribution in [0, 0.1) is 12.7 Å². The molecule has 0 aliphatic carbocycles. The Morgan fingerprint density at radius 3 is 2.67 bits per heavy atom. The van der Waals surface area contributed by atoms with Gasteiger partial charge in [0.1, 0.15) is 18.0 Å². The first-order chi connectivity index (χ1) is 16.0. The first-order valence-corrected chi connectivity index (χ1v) is 10.5. The molecule has 0 saturated carbocycles. The maximum Gasteiger partial charge on any atom is 0.414 e. The van der Waals surface area contributed by atoms with Crippen LogP contribution in [0.2, 0.25) is 0 Å². The predicted octanol–water partition coefficient (Wildman–Crippen LogP) is 2.65. The number of carbonyl (C=O) groups is 1. The number of rotatable bonds is 6. The number of hydroxylamine groups is 1. The minimum atomic E-state index is -0.519. The van der Waals surface area contributed by atoms with Gasteiger partial charge in [-0.2, -0.15) is 0 Å². The standard InChI is InChI=1S/C23H22FN5O4/c1-14-10-28(27-25-14)11-19-12-29(23(31)32-19)17-6-7-20(21(24)8-17)15-2-4-16(5-3-15)22-9-18(13-30)33-26-22/h2-10,18-19,26,30H,11-13H2,1H3/t18?,19-/m0/s1. The lowest BCUT2D eigenvalue weighted by molar-refractivity contribution is 0.0173. The van der Waals surface area contributed by atoms with Gasteiger partial charge in [-0.25, -0.2) is 13.9 Å². The van der Waals surface area contributed by atoms with Gasteiger partial charge in [-0.1, -0.05) is 29.5 Å². The van der Waals surface area contributed by atoms with Crippen LogP contribution in [0.5, 0.6) is 0 Å². The van der Waals surface area contributed by atoms with E-state index in [2.05, 4.69) is 15.8 Å². The van der Waals surface area contributed by atoms with Crippen LogP contribution < -0.4 is 10.4 Å². The number of aliphatic hydroxyl groups is 1. The number of cyclic esters (lactones) is 1. The topological polar surface area (TPSA) is 102 Å². The summed E-state index contributed by atoms with van der Waals surface area (Å²) >= 11 is 0. The number of nitrogens with one attached hydrogen (secondary N) is 1. The molecule has 2 aliphatic heterocycles. The molecule has 1 amide bonds. The van der Waals surface area contributed by atoms with E-state index in [-0.39, 0.29) is 12.7 Å². The minimum Gasteiger partial charge on any atom is -0.442 e. The van der Waals surface area contributed by atoms with E-state index in [9.17, 15) is 9.18 Å². The van der Waals surface area contributed by atoms with Gasteiger partial charge >= 0.3 is 6.09 Å². The van der Waals surface area contributed by atoms with E-state index < -0.39 is 18.0 Å². The number of carbonyl (C=O) groups excluding carboxylic acids is 1. The molecule has 9 nitrogen and oxygen atoms in total. The van der Waals surface area contributed by atoms with E-state index in [1.54, 1.807) is 29.1 Å². The Kier molecular flexibility index (Phi) is 5.53. The quantitative estimate of drug-likeness (QED) is 0.594. The summed E-state index contributed by atoms with van der Waals surface area (Å²) in [6, 6.07) is 12.0. The summed E-state index contributed by atoms with van der Waals surface area (Å²) in [7, 11) is 0. The van der Waals surface area contributed by atoms with Crippen molar-refractivity contribution < 1.29 is 23.9 Å². The predicted molar refractivity (Wildman–Crippen MR) is 117 cm³/mol. The van der Waals surface area contributed by atoms with Crippen molar-refractivity contribution in [3.05, 3.63) is 71.8 Å². The largest absolute Gasteiger partial charge is 0.442 e. The van der Waals surface area contributed by atoms with E-state index in [4.69, 9.17) is 14.7 Å². The monoisotopic (exact) mass is 451 g/mol. The molecule has 2 aliphatic rings. The third-order valence-corrected chi connectivity index (χ3v) is 5.54. The highest BCUT2D eigenvalue weighted by molar-refractivity contribution is 5.90. The van der Waals surface area contributed by atoms with Crippen LogP contribution in [0.25, 0.3) is 16.8 Å². The molecule has 2 N–H and O–H groups in total. The zero-order valence-electron chi connectivity index (χ0n) is 17.8. The molecule has 3 heterocycles. The van der Waals surface area contributed by atoms with E-state index >= 15 is 0 Å². The fourth-order valence-electron chi connectivity index (χ4n) is 3.89. The van der Waals surface area contributed by atoms with E-state index in [1.807, 2.05) is 31.2 Å². The average Bonchev–Trinajstić information content (AvgIpc) is 3.54. The Balaban J connectivity index is 1.30. The number of halogens is 1. The van der Waals surface area contributed by atoms with E-state index in [0.717, 1.165) is 17.0 Å². The maximum absolute atomic E-state index is 15.0. The lowest BCUT2D eigenvalue weighted by atomic mass is 10.0. The number of amides is 1. The first kappa shape index (κ1) is 21.1. The Morgan fingerprint density at radius 1 is 1.21 bits per heavy atom. The Morgan fingerprint density at radius 2 is 2.00 bits per heavy atom. The molecular formula is C23H22FN5O4. The minimum absolute atomic E-state index is 0.114. The smallest absolute Gasteiger partial charge is 0.414 e. The van der Waals surface area contributed by atoms with Crippen LogP contribution in [0.3, 0.4) is 0 Å². The summed E-state index contributed by atoms with van der Waals surface area (Å²) < 4.78 is 22.0. The zero-order valence-corrected chi connectivity index (χ0v) is 17.8. The van der Waals surface area contributed by atoms with E-state index in [1.165, 1.54) is 11.0 Å². The highest BCUT2D eigenvalue weighted by Crippen LogP contribution is 2.30. The molecule has 0 bridgehead atoms. The molecule has 2 aromatic carbocycles. The maximum atomic E-state index is 15.0. The molecule has 10 heteroatoms. The van der Waals surface area contributed by atoms with Gasteiger partial charge in [0.15, 0.2) is 0 Å². The number of hydrogen-bond donors (Lipinski definition) is 2. The Labute approximate surface area is 189 Å². The van der Waals surface area contributed by atoms with Gasteiger partial charge in [0, 0.05) is 11.8 Å². The molecule has 1 fully saturated rings. The molecule has 1 aromatic heterocycles. The fourth-order valence-corrected chi connectivity index (χ4v) is 3.89. The first-order valence-electron chi connectivity index (χ1n) is 10.5.